The lowest BCUT2D eigenvalue weighted by atomic mass is 9.67. The van der Waals surface area contributed by atoms with Gasteiger partial charge >= 0.3 is 5.97 Å². The summed E-state index contributed by atoms with van der Waals surface area (Å²) in [6.45, 7) is 4.68. The van der Waals surface area contributed by atoms with Crippen molar-refractivity contribution in [3.8, 4) is 5.75 Å². The highest BCUT2D eigenvalue weighted by atomic mass is 35.5. The lowest BCUT2D eigenvalue weighted by Crippen LogP contribution is -2.37. The van der Waals surface area contributed by atoms with Crippen LogP contribution in [0.1, 0.15) is 72.5 Å². The van der Waals surface area contributed by atoms with Crippen LogP contribution in [0.2, 0.25) is 5.02 Å². The maximum absolute atomic E-state index is 13.1. The molecule has 0 aliphatic heterocycles. The van der Waals surface area contributed by atoms with E-state index in [-0.39, 0.29) is 12.2 Å². The molecule has 4 nitrogen and oxygen atoms in total. The summed E-state index contributed by atoms with van der Waals surface area (Å²) in [4.78, 5) is 26.8. The van der Waals surface area contributed by atoms with Crippen molar-refractivity contribution in [3.05, 3.63) is 50.7 Å². The third-order valence-corrected chi connectivity index (χ3v) is 8.03. The maximum atomic E-state index is 13.1. The number of halogens is 1. The van der Waals surface area contributed by atoms with Crippen LogP contribution >= 0.6 is 22.9 Å². The van der Waals surface area contributed by atoms with E-state index < -0.39 is 11.4 Å². The van der Waals surface area contributed by atoms with Crippen molar-refractivity contribution in [1.82, 2.24) is 0 Å². The van der Waals surface area contributed by atoms with Crippen molar-refractivity contribution >= 4 is 34.7 Å². The minimum Gasteiger partial charge on any atom is -0.492 e. The summed E-state index contributed by atoms with van der Waals surface area (Å²) < 4.78 is 5.99. The molecule has 0 saturated heterocycles. The Labute approximate surface area is 193 Å². The Balaban J connectivity index is 1.66. The van der Waals surface area contributed by atoms with E-state index in [9.17, 15) is 14.7 Å². The molecule has 0 spiro atoms. The molecule has 168 valence electrons. The highest BCUT2D eigenvalue weighted by Crippen LogP contribution is 2.44. The second kappa shape index (κ2) is 10.6. The van der Waals surface area contributed by atoms with Crippen LogP contribution in [0.15, 0.2) is 30.3 Å². The SMILES string of the molecule is CCc1sc(C(=O)CC2(C(=O)O)CCC(CC)CC2)cc1OCCc1cccc(Cl)c1. The molecule has 31 heavy (non-hydrogen) atoms. The Bertz CT molecular complexity index is 912. The lowest BCUT2D eigenvalue weighted by molar-refractivity contribution is -0.151. The van der Waals surface area contributed by atoms with Gasteiger partial charge < -0.3 is 9.84 Å². The van der Waals surface area contributed by atoms with E-state index in [0.717, 1.165) is 48.3 Å². The van der Waals surface area contributed by atoms with Crippen LogP contribution in [0, 0.1) is 11.3 Å². The molecule has 2 aromatic rings. The molecular formula is C25H31ClO4S. The van der Waals surface area contributed by atoms with Gasteiger partial charge in [-0.25, -0.2) is 0 Å². The van der Waals surface area contributed by atoms with Gasteiger partial charge in [-0.15, -0.1) is 11.3 Å². The molecule has 0 radical (unpaired) electrons. The van der Waals surface area contributed by atoms with Crippen molar-refractivity contribution in [1.29, 1.82) is 0 Å². The van der Waals surface area contributed by atoms with Gasteiger partial charge in [-0.05, 0) is 55.7 Å². The van der Waals surface area contributed by atoms with Gasteiger partial charge in [0.2, 0.25) is 0 Å². The number of ether oxygens (including phenoxy) is 1. The number of carboxylic acids is 1. The molecule has 3 rings (SSSR count). The summed E-state index contributed by atoms with van der Waals surface area (Å²) in [7, 11) is 0. The highest BCUT2D eigenvalue weighted by Gasteiger charge is 2.43. The predicted molar refractivity (Wildman–Crippen MR) is 126 cm³/mol. The molecule has 6 heteroatoms. The number of ketones is 1. The number of benzene rings is 1. The number of rotatable bonds is 10. The van der Waals surface area contributed by atoms with Gasteiger partial charge in [0.25, 0.3) is 0 Å². The van der Waals surface area contributed by atoms with Crippen molar-refractivity contribution in [3.63, 3.8) is 0 Å². The fourth-order valence-electron chi connectivity index (χ4n) is 4.39. The molecule has 1 saturated carbocycles. The third-order valence-electron chi connectivity index (χ3n) is 6.50. The van der Waals surface area contributed by atoms with E-state index in [4.69, 9.17) is 16.3 Å². The van der Waals surface area contributed by atoms with Gasteiger partial charge in [0.05, 0.1) is 16.9 Å². The number of aliphatic carboxylic acids is 1. The fraction of sp³-hybridized carbons (Fsp3) is 0.520. The average Bonchev–Trinajstić information content (AvgIpc) is 3.17. The Kier molecular flexibility index (Phi) is 8.17. The van der Waals surface area contributed by atoms with Gasteiger partial charge in [0, 0.05) is 28.8 Å². The summed E-state index contributed by atoms with van der Waals surface area (Å²) >= 11 is 7.47. The van der Waals surface area contributed by atoms with Crippen LogP contribution in [0.4, 0.5) is 0 Å². The van der Waals surface area contributed by atoms with E-state index in [0.29, 0.717) is 35.3 Å². The van der Waals surface area contributed by atoms with Crippen LogP contribution in [-0.2, 0) is 17.6 Å². The molecule has 1 N–H and O–H groups in total. The number of carbonyl (C=O) groups excluding carboxylic acids is 1. The second-order valence-electron chi connectivity index (χ2n) is 8.52. The molecule has 0 atom stereocenters. The Morgan fingerprint density at radius 3 is 2.58 bits per heavy atom. The van der Waals surface area contributed by atoms with Crippen LogP contribution in [0.3, 0.4) is 0 Å². The molecule has 0 unspecified atom stereocenters. The number of aryl methyl sites for hydroxylation is 1. The lowest BCUT2D eigenvalue weighted by Gasteiger charge is -2.36. The Morgan fingerprint density at radius 2 is 1.97 bits per heavy atom. The van der Waals surface area contributed by atoms with E-state index in [1.165, 1.54) is 11.3 Å². The van der Waals surface area contributed by atoms with Gasteiger partial charge in [0.15, 0.2) is 5.78 Å². The summed E-state index contributed by atoms with van der Waals surface area (Å²) in [5.41, 5.74) is 0.176. The van der Waals surface area contributed by atoms with Gasteiger partial charge in [0.1, 0.15) is 5.75 Å². The molecule has 1 heterocycles. The van der Waals surface area contributed by atoms with Crippen LogP contribution in [0.5, 0.6) is 5.75 Å². The number of hydrogen-bond donors (Lipinski definition) is 1. The number of hydrogen-bond acceptors (Lipinski definition) is 4. The van der Waals surface area contributed by atoms with Crippen LogP contribution < -0.4 is 4.74 Å². The van der Waals surface area contributed by atoms with E-state index in [1.54, 1.807) is 6.07 Å². The first-order valence-electron chi connectivity index (χ1n) is 11.1. The van der Waals surface area contributed by atoms with E-state index >= 15 is 0 Å². The highest BCUT2D eigenvalue weighted by molar-refractivity contribution is 7.14. The zero-order valence-electron chi connectivity index (χ0n) is 18.3. The number of carboxylic acid groups (broad SMARTS) is 1. The van der Waals surface area contributed by atoms with Gasteiger partial charge in [-0.3, -0.25) is 9.59 Å². The Morgan fingerprint density at radius 1 is 1.23 bits per heavy atom. The molecular weight excluding hydrogens is 432 g/mol. The summed E-state index contributed by atoms with van der Waals surface area (Å²) in [5.74, 6) is 0.398. The minimum absolute atomic E-state index is 0.0738. The zero-order chi connectivity index (χ0) is 22.4. The molecule has 1 aromatic heterocycles. The normalized spacial score (nSPS) is 21.1. The first kappa shape index (κ1) is 23.8. The van der Waals surface area contributed by atoms with Crippen molar-refractivity contribution in [2.75, 3.05) is 6.61 Å². The molecule has 1 aliphatic rings. The van der Waals surface area contributed by atoms with Crippen LogP contribution in [-0.4, -0.2) is 23.5 Å². The summed E-state index contributed by atoms with van der Waals surface area (Å²) in [6.07, 6.45) is 5.59. The second-order valence-corrected chi connectivity index (χ2v) is 10.1. The molecule has 0 amide bonds. The molecule has 0 bridgehead atoms. The van der Waals surface area contributed by atoms with Gasteiger partial charge in [-0.2, -0.15) is 0 Å². The standard InChI is InChI=1S/C25H31ClO4S/c1-3-17-8-11-25(12-9-17,24(28)29)16-20(27)23-15-21(22(4-2)31-23)30-13-10-18-6-5-7-19(26)14-18/h5-7,14-15,17H,3-4,8-13,16H2,1-2H3,(H,28,29). The number of thiophene rings is 1. The topological polar surface area (TPSA) is 63.6 Å². The smallest absolute Gasteiger partial charge is 0.310 e. The number of Topliss-reactive ketones (excluding diaryl/α,β-unsaturated/α-hetero) is 1. The monoisotopic (exact) mass is 462 g/mol. The minimum atomic E-state index is -0.924. The first-order valence-corrected chi connectivity index (χ1v) is 12.3. The summed E-state index contributed by atoms with van der Waals surface area (Å²) in [5, 5.41) is 10.6. The maximum Gasteiger partial charge on any atom is 0.310 e. The first-order chi connectivity index (χ1) is 14.9. The van der Waals surface area contributed by atoms with E-state index in [2.05, 4.69) is 6.92 Å². The fourth-order valence-corrected chi connectivity index (χ4v) is 5.58. The predicted octanol–water partition coefficient (Wildman–Crippen LogP) is 6.83. The molecule has 1 aromatic carbocycles. The van der Waals surface area contributed by atoms with Crippen molar-refractivity contribution in [2.45, 2.75) is 65.2 Å². The third kappa shape index (κ3) is 5.89. The average molecular weight is 463 g/mol. The summed E-state index contributed by atoms with van der Waals surface area (Å²) in [6, 6.07) is 9.50. The van der Waals surface area contributed by atoms with Gasteiger partial charge in [-0.1, -0.05) is 44.0 Å². The molecule has 1 fully saturated rings. The zero-order valence-corrected chi connectivity index (χ0v) is 19.9. The Hall–Kier alpha value is -1.85. The number of carbonyl (C=O) groups is 2. The van der Waals surface area contributed by atoms with Crippen molar-refractivity contribution < 1.29 is 19.4 Å². The largest absolute Gasteiger partial charge is 0.492 e. The quantitative estimate of drug-likeness (QED) is 0.393. The molecule has 1 aliphatic carbocycles. The van der Waals surface area contributed by atoms with Crippen LogP contribution in [0.25, 0.3) is 0 Å². The van der Waals surface area contributed by atoms with E-state index in [1.807, 2.05) is 31.2 Å². The van der Waals surface area contributed by atoms with Crippen molar-refractivity contribution in [2.24, 2.45) is 11.3 Å².